The highest BCUT2D eigenvalue weighted by Gasteiger charge is 2.01. The van der Waals surface area contributed by atoms with E-state index in [4.69, 9.17) is 31.2 Å². The lowest BCUT2D eigenvalue weighted by atomic mass is 10.3. The first-order chi connectivity index (χ1) is 8.36. The number of nitrogens with two attached hydrogens (primary N) is 1. The van der Waals surface area contributed by atoms with Crippen LogP contribution in [0, 0.1) is 0 Å². The molecule has 0 saturated heterocycles. The Morgan fingerprint density at radius 1 is 1.12 bits per heavy atom. The highest BCUT2D eigenvalue weighted by molar-refractivity contribution is 6.17. The molecule has 1 heterocycles. The second-order valence-corrected chi connectivity index (χ2v) is 3.99. The van der Waals surface area contributed by atoms with E-state index < -0.39 is 0 Å². The average Bonchev–Trinajstić information content (AvgIpc) is 2.79. The summed E-state index contributed by atoms with van der Waals surface area (Å²) in [6, 6.07) is 3.90. The minimum atomic E-state index is 0.479. The van der Waals surface area contributed by atoms with Crippen molar-refractivity contribution in [2.45, 2.75) is 19.4 Å². The van der Waals surface area contributed by atoms with Gasteiger partial charge in [0, 0.05) is 18.8 Å². The Morgan fingerprint density at radius 3 is 2.65 bits per heavy atom. The molecule has 98 valence electrons. The molecule has 0 aromatic carbocycles. The molecule has 0 spiro atoms. The third-order valence-electron chi connectivity index (χ3n) is 2.15. The van der Waals surface area contributed by atoms with E-state index in [9.17, 15) is 0 Å². The van der Waals surface area contributed by atoms with Crippen LogP contribution in [0.5, 0.6) is 0 Å². The Labute approximate surface area is 107 Å². The first-order valence-electron chi connectivity index (χ1n) is 5.86. The number of rotatable bonds is 10. The normalized spacial score (nSPS) is 10.9. The van der Waals surface area contributed by atoms with E-state index in [0.717, 1.165) is 24.4 Å². The summed E-state index contributed by atoms with van der Waals surface area (Å²) < 4.78 is 16.2. The molecule has 5 heteroatoms. The second-order valence-electron chi connectivity index (χ2n) is 3.61. The minimum Gasteiger partial charge on any atom is -0.464 e. The number of hydrogen-bond acceptors (Lipinski definition) is 4. The second kappa shape index (κ2) is 9.48. The van der Waals surface area contributed by atoms with Crippen LogP contribution in [0.15, 0.2) is 16.5 Å². The topological polar surface area (TPSA) is 57.6 Å². The predicted octanol–water partition coefficient (Wildman–Crippen LogP) is 1.94. The predicted molar refractivity (Wildman–Crippen MR) is 67.3 cm³/mol. The fraction of sp³-hybridized carbons (Fsp3) is 0.667. The van der Waals surface area contributed by atoms with E-state index in [1.165, 1.54) is 0 Å². The van der Waals surface area contributed by atoms with Crippen molar-refractivity contribution in [3.05, 3.63) is 23.7 Å². The summed E-state index contributed by atoms with van der Waals surface area (Å²) in [4.78, 5) is 0. The average molecular weight is 262 g/mol. The summed E-state index contributed by atoms with van der Waals surface area (Å²) in [6.07, 6.45) is 1.81. The quantitative estimate of drug-likeness (QED) is 0.517. The zero-order chi connectivity index (χ0) is 12.3. The molecule has 1 rings (SSSR count). The first kappa shape index (κ1) is 14.5. The Balaban J connectivity index is 2.08. The molecule has 2 N–H and O–H groups in total. The van der Waals surface area contributed by atoms with Gasteiger partial charge in [0.15, 0.2) is 0 Å². The molecule has 0 saturated carbocycles. The van der Waals surface area contributed by atoms with Gasteiger partial charge in [-0.2, -0.15) is 0 Å². The monoisotopic (exact) mass is 261 g/mol. The molecular weight excluding hydrogens is 242 g/mol. The van der Waals surface area contributed by atoms with Gasteiger partial charge in [0.05, 0.1) is 19.8 Å². The van der Waals surface area contributed by atoms with E-state index in [1.807, 2.05) is 12.1 Å². The number of hydrogen-bond donors (Lipinski definition) is 1. The molecule has 1 aromatic rings. The van der Waals surface area contributed by atoms with Crippen molar-refractivity contribution in [3.63, 3.8) is 0 Å². The van der Waals surface area contributed by atoms with Gasteiger partial charge in [0.25, 0.3) is 0 Å². The zero-order valence-electron chi connectivity index (χ0n) is 9.99. The Kier molecular flexibility index (Phi) is 8.09. The minimum absolute atomic E-state index is 0.479. The standard InChI is InChI=1S/C12H20ClNO3/c13-5-1-2-11-3-4-12(17-11)10-16-9-8-15-7-6-14/h3-4H,1-2,5-10,14H2. The van der Waals surface area contributed by atoms with Crippen LogP contribution in [-0.2, 0) is 22.5 Å². The summed E-state index contributed by atoms with van der Waals surface area (Å²) in [5, 5.41) is 0. The fourth-order valence-electron chi connectivity index (χ4n) is 1.35. The van der Waals surface area contributed by atoms with Gasteiger partial charge in [-0.05, 0) is 18.6 Å². The van der Waals surface area contributed by atoms with Crippen LogP contribution >= 0.6 is 11.6 Å². The van der Waals surface area contributed by atoms with Crippen molar-refractivity contribution in [3.8, 4) is 0 Å². The summed E-state index contributed by atoms with van der Waals surface area (Å²) in [7, 11) is 0. The van der Waals surface area contributed by atoms with Crippen LogP contribution in [-0.4, -0.2) is 32.2 Å². The van der Waals surface area contributed by atoms with Crippen LogP contribution in [0.2, 0.25) is 0 Å². The molecule has 17 heavy (non-hydrogen) atoms. The third-order valence-corrected chi connectivity index (χ3v) is 2.42. The molecule has 0 aliphatic carbocycles. The molecule has 4 nitrogen and oxygen atoms in total. The molecule has 0 aliphatic heterocycles. The van der Waals surface area contributed by atoms with Gasteiger partial charge in [-0.3, -0.25) is 0 Å². The van der Waals surface area contributed by atoms with Crippen LogP contribution in [0.25, 0.3) is 0 Å². The van der Waals surface area contributed by atoms with Crippen LogP contribution in [0.4, 0.5) is 0 Å². The van der Waals surface area contributed by atoms with Gasteiger partial charge in [-0.1, -0.05) is 0 Å². The molecular formula is C12H20ClNO3. The van der Waals surface area contributed by atoms with Crippen molar-refractivity contribution in [2.24, 2.45) is 5.73 Å². The number of alkyl halides is 1. The van der Waals surface area contributed by atoms with Gasteiger partial charge in [-0.25, -0.2) is 0 Å². The number of halogens is 1. The molecule has 0 radical (unpaired) electrons. The van der Waals surface area contributed by atoms with Gasteiger partial charge >= 0.3 is 0 Å². The highest BCUT2D eigenvalue weighted by atomic mass is 35.5. The van der Waals surface area contributed by atoms with Gasteiger partial charge < -0.3 is 19.6 Å². The Hall–Kier alpha value is -0.550. The van der Waals surface area contributed by atoms with Crippen LogP contribution in [0.1, 0.15) is 17.9 Å². The molecule has 0 fully saturated rings. The summed E-state index contributed by atoms with van der Waals surface area (Å²) in [5.74, 6) is 2.46. The third kappa shape index (κ3) is 6.68. The molecule has 1 aromatic heterocycles. The summed E-state index contributed by atoms with van der Waals surface area (Å²) >= 11 is 5.61. The summed E-state index contributed by atoms with van der Waals surface area (Å²) in [5.41, 5.74) is 5.29. The Bertz CT molecular complexity index is 291. The SMILES string of the molecule is NCCOCCOCc1ccc(CCCCl)o1. The van der Waals surface area contributed by atoms with Crippen molar-refractivity contribution in [1.82, 2.24) is 0 Å². The maximum Gasteiger partial charge on any atom is 0.129 e. The first-order valence-corrected chi connectivity index (χ1v) is 6.39. The molecule has 0 aliphatic rings. The fourth-order valence-corrected chi connectivity index (χ4v) is 1.48. The lowest BCUT2D eigenvalue weighted by Crippen LogP contribution is -2.11. The van der Waals surface area contributed by atoms with Crippen molar-refractivity contribution in [2.75, 3.05) is 32.2 Å². The van der Waals surface area contributed by atoms with Crippen molar-refractivity contribution >= 4 is 11.6 Å². The van der Waals surface area contributed by atoms with Crippen LogP contribution < -0.4 is 5.73 Å². The van der Waals surface area contributed by atoms with Gasteiger partial charge in [0.2, 0.25) is 0 Å². The molecule has 0 amide bonds. The largest absolute Gasteiger partial charge is 0.464 e. The van der Waals surface area contributed by atoms with E-state index >= 15 is 0 Å². The Morgan fingerprint density at radius 2 is 1.88 bits per heavy atom. The van der Waals surface area contributed by atoms with E-state index in [1.54, 1.807) is 0 Å². The lowest BCUT2D eigenvalue weighted by molar-refractivity contribution is 0.0370. The number of furan rings is 1. The zero-order valence-corrected chi connectivity index (χ0v) is 10.7. The van der Waals surface area contributed by atoms with Gasteiger partial charge in [0.1, 0.15) is 18.1 Å². The van der Waals surface area contributed by atoms with Gasteiger partial charge in [-0.15, -0.1) is 11.6 Å². The number of aryl methyl sites for hydroxylation is 1. The molecule has 0 bridgehead atoms. The highest BCUT2D eigenvalue weighted by Crippen LogP contribution is 2.11. The maximum atomic E-state index is 5.61. The smallest absolute Gasteiger partial charge is 0.129 e. The number of ether oxygens (including phenoxy) is 2. The van der Waals surface area contributed by atoms with E-state index in [-0.39, 0.29) is 0 Å². The van der Waals surface area contributed by atoms with Crippen molar-refractivity contribution < 1.29 is 13.9 Å². The van der Waals surface area contributed by atoms with E-state index in [2.05, 4.69) is 0 Å². The molecule has 0 unspecified atom stereocenters. The lowest BCUT2D eigenvalue weighted by Gasteiger charge is -2.03. The van der Waals surface area contributed by atoms with Crippen LogP contribution in [0.3, 0.4) is 0 Å². The van der Waals surface area contributed by atoms with E-state index in [0.29, 0.717) is 38.9 Å². The molecule has 0 atom stereocenters. The van der Waals surface area contributed by atoms with Crippen molar-refractivity contribution in [1.29, 1.82) is 0 Å². The maximum absolute atomic E-state index is 5.61. The summed E-state index contributed by atoms with van der Waals surface area (Å²) in [6.45, 7) is 2.72.